The molecule has 11 nitrogen and oxygen atoms in total. The molecular formula is C35H43N7O4S. The Morgan fingerprint density at radius 1 is 1.21 bits per heavy atom. The van der Waals surface area contributed by atoms with Crippen LogP contribution in [0.25, 0.3) is 21.7 Å². The van der Waals surface area contributed by atoms with Gasteiger partial charge in [0, 0.05) is 25.7 Å². The zero-order valence-corrected chi connectivity index (χ0v) is 28.6. The number of aromatic nitrogens is 3. The molecule has 1 saturated heterocycles. The average Bonchev–Trinajstić information content (AvgIpc) is 3.82. The van der Waals surface area contributed by atoms with Crippen molar-refractivity contribution < 1.29 is 19.1 Å². The van der Waals surface area contributed by atoms with Crippen LogP contribution in [0.4, 0.5) is 5.95 Å². The summed E-state index contributed by atoms with van der Waals surface area (Å²) in [4.78, 5) is 39.0. The van der Waals surface area contributed by atoms with E-state index in [1.807, 2.05) is 49.6 Å². The molecule has 1 aromatic carbocycles. The lowest BCUT2D eigenvalue weighted by molar-refractivity contribution is -0.127. The Labute approximate surface area is 279 Å². The molecule has 1 aliphatic heterocycles. The Kier molecular flexibility index (Phi) is 10.0. The number of hydrogen-bond donors (Lipinski definition) is 3. The van der Waals surface area contributed by atoms with Crippen LogP contribution in [0.2, 0.25) is 0 Å². The first-order valence-corrected chi connectivity index (χ1v) is 16.7. The SMILES string of the molecule is CC(C)(C)C=C(C#N)C(=O)N1CCC[C@@H]1Cn1c(NC(=O)c2ccc(-c3cnco3)s2)nc2cc(CN[C@H](CO)C(C)(C)C)ccc21. The van der Waals surface area contributed by atoms with Crippen molar-refractivity contribution in [1.82, 2.24) is 24.8 Å². The molecule has 3 N–H and O–H groups in total. The van der Waals surface area contributed by atoms with Crippen molar-refractivity contribution in [3.8, 4) is 16.7 Å². The predicted octanol–water partition coefficient (Wildman–Crippen LogP) is 5.99. The minimum absolute atomic E-state index is 0.0203. The highest BCUT2D eigenvalue weighted by Gasteiger charge is 2.33. The monoisotopic (exact) mass is 657 g/mol. The molecular weight excluding hydrogens is 614 g/mol. The summed E-state index contributed by atoms with van der Waals surface area (Å²) < 4.78 is 7.35. The summed E-state index contributed by atoms with van der Waals surface area (Å²) in [6, 6.07) is 11.4. The van der Waals surface area contributed by atoms with Crippen LogP contribution in [0, 0.1) is 22.2 Å². The molecule has 0 radical (unpaired) electrons. The normalized spacial score (nSPS) is 16.4. The van der Waals surface area contributed by atoms with Crippen LogP contribution in [-0.4, -0.2) is 61.6 Å². The second-order valence-corrected chi connectivity index (χ2v) is 15.2. The highest BCUT2D eigenvalue weighted by Crippen LogP contribution is 2.31. The number of benzene rings is 1. The van der Waals surface area contributed by atoms with Gasteiger partial charge < -0.3 is 24.3 Å². The number of thiophene rings is 1. The van der Waals surface area contributed by atoms with Crippen molar-refractivity contribution in [2.75, 3.05) is 18.5 Å². The van der Waals surface area contributed by atoms with E-state index >= 15 is 0 Å². The second-order valence-electron chi connectivity index (χ2n) is 14.2. The van der Waals surface area contributed by atoms with Crippen molar-refractivity contribution in [1.29, 1.82) is 5.26 Å². The Morgan fingerprint density at radius 2 is 2.00 bits per heavy atom. The number of oxazole rings is 1. The van der Waals surface area contributed by atoms with Crippen LogP contribution in [0.15, 0.2) is 59.0 Å². The Bertz CT molecular complexity index is 1800. The van der Waals surface area contributed by atoms with E-state index in [9.17, 15) is 20.0 Å². The fourth-order valence-corrected chi connectivity index (χ4v) is 6.63. The summed E-state index contributed by atoms with van der Waals surface area (Å²) in [6.45, 7) is 13.6. The molecule has 12 heteroatoms. The molecule has 47 heavy (non-hydrogen) atoms. The number of rotatable bonds is 10. The van der Waals surface area contributed by atoms with E-state index in [4.69, 9.17) is 9.40 Å². The van der Waals surface area contributed by atoms with Gasteiger partial charge in [0.2, 0.25) is 5.95 Å². The third kappa shape index (κ3) is 7.99. The number of carbonyl (C=O) groups is 2. The smallest absolute Gasteiger partial charge is 0.268 e. The highest BCUT2D eigenvalue weighted by molar-refractivity contribution is 7.17. The number of nitriles is 1. The van der Waals surface area contributed by atoms with E-state index < -0.39 is 0 Å². The number of imidazole rings is 1. The lowest BCUT2D eigenvalue weighted by atomic mass is 9.87. The molecule has 3 aromatic heterocycles. The van der Waals surface area contributed by atoms with Gasteiger partial charge in [-0.05, 0) is 53.5 Å². The minimum atomic E-state index is -0.320. The quantitative estimate of drug-likeness (QED) is 0.139. The maximum atomic E-state index is 13.6. The number of aliphatic hydroxyl groups excluding tert-OH is 1. The van der Waals surface area contributed by atoms with Gasteiger partial charge in [0.1, 0.15) is 11.6 Å². The van der Waals surface area contributed by atoms with Crippen LogP contribution >= 0.6 is 11.3 Å². The number of likely N-dealkylation sites (tertiary alicyclic amines) is 1. The number of hydrogen-bond acceptors (Lipinski definition) is 9. The van der Waals surface area contributed by atoms with Gasteiger partial charge in [-0.15, -0.1) is 11.3 Å². The summed E-state index contributed by atoms with van der Waals surface area (Å²) in [5, 5.41) is 26.2. The molecule has 4 heterocycles. The van der Waals surface area contributed by atoms with Gasteiger partial charge in [-0.2, -0.15) is 5.26 Å². The van der Waals surface area contributed by atoms with Crippen LogP contribution in [0.1, 0.15) is 69.6 Å². The minimum Gasteiger partial charge on any atom is -0.443 e. The maximum absolute atomic E-state index is 13.6. The first kappa shape index (κ1) is 34.0. The van der Waals surface area contributed by atoms with Crippen LogP contribution in [0.3, 0.4) is 0 Å². The lowest BCUT2D eigenvalue weighted by Gasteiger charge is -2.30. The second kappa shape index (κ2) is 13.8. The molecule has 0 saturated carbocycles. The lowest BCUT2D eigenvalue weighted by Crippen LogP contribution is -2.42. The summed E-state index contributed by atoms with van der Waals surface area (Å²) in [7, 11) is 0. The fraction of sp³-hybridized carbons (Fsp3) is 0.457. The highest BCUT2D eigenvalue weighted by atomic mass is 32.1. The Balaban J connectivity index is 1.46. The first-order valence-electron chi connectivity index (χ1n) is 15.8. The van der Waals surface area contributed by atoms with Gasteiger partial charge in [-0.3, -0.25) is 14.9 Å². The van der Waals surface area contributed by atoms with Crippen LogP contribution in [-0.2, 0) is 17.9 Å². The maximum Gasteiger partial charge on any atom is 0.268 e. The molecule has 0 aliphatic carbocycles. The van der Waals surface area contributed by atoms with Crippen LogP contribution < -0.4 is 10.6 Å². The van der Waals surface area contributed by atoms with Crippen molar-refractivity contribution in [3.63, 3.8) is 0 Å². The summed E-state index contributed by atoms with van der Waals surface area (Å²) in [6.07, 6.45) is 6.26. The zero-order valence-electron chi connectivity index (χ0n) is 27.8. The number of nitrogens with zero attached hydrogens (tertiary/aromatic N) is 5. The molecule has 248 valence electrons. The van der Waals surface area contributed by atoms with E-state index in [1.165, 1.54) is 17.7 Å². The van der Waals surface area contributed by atoms with Crippen molar-refractivity contribution in [2.45, 2.75) is 79.6 Å². The predicted molar refractivity (Wildman–Crippen MR) is 183 cm³/mol. The number of fused-ring (bicyclic) bond motifs is 1. The topological polar surface area (TPSA) is 149 Å². The number of allylic oxidation sites excluding steroid dienone is 1. The molecule has 2 amide bonds. The van der Waals surface area contributed by atoms with E-state index in [0.717, 1.165) is 28.8 Å². The van der Waals surface area contributed by atoms with E-state index in [-0.39, 0.29) is 46.9 Å². The standard InChI is InChI=1S/C35H43N7O4S/c1-34(2,3)15-23(16-36)32(45)41-13-7-8-24(41)19-42-26-10-9-22(17-38-30(20-43)35(4,5)6)14-25(26)39-33(42)40-31(44)29-12-11-28(47-29)27-18-37-21-46-27/h9-12,14-15,18,21,24,30,38,43H,7-8,13,17,19-20H2,1-6H3,(H,39,40,44)/t24-,30-/m1/s1. The van der Waals surface area contributed by atoms with Gasteiger partial charge >= 0.3 is 0 Å². The molecule has 2 atom stereocenters. The molecule has 1 fully saturated rings. The Morgan fingerprint density at radius 3 is 2.66 bits per heavy atom. The van der Waals surface area contributed by atoms with E-state index in [1.54, 1.807) is 23.2 Å². The van der Waals surface area contributed by atoms with Crippen molar-refractivity contribution in [2.24, 2.45) is 10.8 Å². The van der Waals surface area contributed by atoms with E-state index in [2.05, 4.69) is 42.5 Å². The number of aliphatic hydroxyl groups is 1. The third-order valence-corrected chi connectivity index (χ3v) is 9.38. The fourth-order valence-electron chi connectivity index (χ4n) is 5.78. The van der Waals surface area contributed by atoms with Gasteiger partial charge in [-0.1, -0.05) is 53.7 Å². The molecule has 5 rings (SSSR count). The molecule has 0 spiro atoms. The van der Waals surface area contributed by atoms with Gasteiger partial charge in [0.25, 0.3) is 11.8 Å². The molecule has 0 bridgehead atoms. The number of carbonyl (C=O) groups excluding carboxylic acids is 2. The number of nitrogens with one attached hydrogen (secondary N) is 2. The van der Waals surface area contributed by atoms with Crippen molar-refractivity contribution >= 4 is 40.1 Å². The Hall–Kier alpha value is -4.31. The van der Waals surface area contributed by atoms with E-state index in [0.29, 0.717) is 41.7 Å². The van der Waals surface area contributed by atoms with Gasteiger partial charge in [0.15, 0.2) is 12.2 Å². The number of amides is 2. The number of anilines is 1. The summed E-state index contributed by atoms with van der Waals surface area (Å²) >= 11 is 1.29. The summed E-state index contributed by atoms with van der Waals surface area (Å²) in [5.74, 6) is 0.372. The molecule has 1 aliphatic rings. The van der Waals surface area contributed by atoms with Gasteiger partial charge in [-0.25, -0.2) is 9.97 Å². The third-order valence-electron chi connectivity index (χ3n) is 8.28. The average molecular weight is 658 g/mol. The van der Waals surface area contributed by atoms with Crippen molar-refractivity contribution in [3.05, 3.63) is 65.0 Å². The molecule has 4 aromatic rings. The first-order chi connectivity index (χ1) is 22.3. The zero-order chi connectivity index (χ0) is 33.9. The van der Waals surface area contributed by atoms with Crippen LogP contribution in [0.5, 0.6) is 0 Å². The van der Waals surface area contributed by atoms with Gasteiger partial charge in [0.05, 0.1) is 39.6 Å². The largest absolute Gasteiger partial charge is 0.443 e. The summed E-state index contributed by atoms with van der Waals surface area (Å²) in [5.41, 5.74) is 2.21. The molecule has 0 unspecified atom stereocenters.